The topological polar surface area (TPSA) is 29.5 Å². The molecule has 3 heteroatoms. The molecule has 158 valence electrons. The Kier molecular flexibility index (Phi) is 9.98. The largest absolute Gasteiger partial charge is 0.396 e. The van der Waals surface area contributed by atoms with Crippen molar-refractivity contribution in [1.29, 1.82) is 0 Å². The van der Waals surface area contributed by atoms with Gasteiger partial charge < -0.3 is 9.84 Å². The summed E-state index contributed by atoms with van der Waals surface area (Å²) in [6, 6.07) is 4.43. The molecule has 0 bridgehead atoms. The Morgan fingerprint density at radius 1 is 1.25 bits per heavy atom. The third-order valence-corrected chi connectivity index (χ3v) is 7.31. The Morgan fingerprint density at radius 3 is 2.75 bits per heavy atom. The summed E-state index contributed by atoms with van der Waals surface area (Å²) >= 11 is 1.86. The smallest absolute Gasteiger partial charge is 0.0525 e. The van der Waals surface area contributed by atoms with Crippen molar-refractivity contribution in [2.75, 3.05) is 19.8 Å². The van der Waals surface area contributed by atoms with Crippen molar-refractivity contribution in [3.8, 4) is 0 Å². The van der Waals surface area contributed by atoms with Crippen LogP contribution in [0.15, 0.2) is 41.3 Å². The highest BCUT2D eigenvalue weighted by atomic mass is 32.1. The SMILES string of the molecule is CCCCC(CCCO)(COCC)C/C1=C/CC(C)(c2cccs2)/C=C\CC1. The van der Waals surface area contributed by atoms with Crippen LogP contribution in [0.2, 0.25) is 0 Å². The van der Waals surface area contributed by atoms with Gasteiger partial charge in [0, 0.05) is 23.5 Å². The minimum atomic E-state index is 0.108. The second-order valence-corrected chi connectivity index (χ2v) is 9.59. The number of aliphatic hydroxyl groups excluding tert-OH is 1. The molecule has 2 nitrogen and oxygen atoms in total. The molecule has 1 heterocycles. The number of rotatable bonds is 12. The van der Waals surface area contributed by atoms with E-state index >= 15 is 0 Å². The number of aliphatic hydroxyl groups is 1. The highest BCUT2D eigenvalue weighted by Gasteiger charge is 2.31. The van der Waals surface area contributed by atoms with Crippen LogP contribution in [-0.2, 0) is 10.2 Å². The van der Waals surface area contributed by atoms with Gasteiger partial charge in [-0.1, -0.05) is 56.6 Å². The lowest BCUT2D eigenvalue weighted by atomic mass is 9.72. The molecule has 2 unspecified atom stereocenters. The van der Waals surface area contributed by atoms with E-state index in [1.165, 1.54) is 24.1 Å². The normalized spacial score (nSPS) is 25.4. The molecule has 0 spiro atoms. The van der Waals surface area contributed by atoms with Crippen molar-refractivity contribution in [2.45, 2.75) is 84.0 Å². The van der Waals surface area contributed by atoms with Gasteiger partial charge in [-0.2, -0.15) is 0 Å². The van der Waals surface area contributed by atoms with Gasteiger partial charge in [0.2, 0.25) is 0 Å². The number of thiophene rings is 1. The molecule has 28 heavy (non-hydrogen) atoms. The van der Waals surface area contributed by atoms with E-state index in [-0.39, 0.29) is 17.4 Å². The first kappa shape index (κ1) is 23.4. The molecule has 1 N–H and O–H groups in total. The van der Waals surface area contributed by atoms with E-state index in [0.717, 1.165) is 51.7 Å². The number of allylic oxidation sites excluding steroid dienone is 4. The van der Waals surface area contributed by atoms with E-state index in [2.05, 4.69) is 56.5 Å². The van der Waals surface area contributed by atoms with E-state index < -0.39 is 0 Å². The quantitative estimate of drug-likeness (QED) is 0.378. The van der Waals surface area contributed by atoms with Crippen LogP contribution in [0.5, 0.6) is 0 Å². The lowest BCUT2D eigenvalue weighted by molar-refractivity contribution is 0.0324. The minimum absolute atomic E-state index is 0.108. The van der Waals surface area contributed by atoms with E-state index in [4.69, 9.17) is 4.74 Å². The molecule has 0 aliphatic heterocycles. The molecule has 2 rings (SSSR count). The van der Waals surface area contributed by atoms with Gasteiger partial charge >= 0.3 is 0 Å². The maximum absolute atomic E-state index is 9.48. The fourth-order valence-electron chi connectivity index (χ4n) is 4.39. The molecule has 0 saturated heterocycles. The second-order valence-electron chi connectivity index (χ2n) is 8.65. The van der Waals surface area contributed by atoms with Crippen molar-refractivity contribution in [3.05, 3.63) is 46.2 Å². The lowest BCUT2D eigenvalue weighted by Crippen LogP contribution is -2.29. The van der Waals surface area contributed by atoms with Crippen LogP contribution in [-0.4, -0.2) is 24.9 Å². The number of hydrogen-bond acceptors (Lipinski definition) is 3. The maximum atomic E-state index is 9.48. The maximum Gasteiger partial charge on any atom is 0.0525 e. The van der Waals surface area contributed by atoms with Crippen molar-refractivity contribution in [2.24, 2.45) is 5.41 Å². The summed E-state index contributed by atoms with van der Waals surface area (Å²) in [7, 11) is 0. The zero-order valence-corrected chi connectivity index (χ0v) is 19.0. The molecule has 1 aliphatic carbocycles. The van der Waals surface area contributed by atoms with Gasteiger partial charge in [-0.25, -0.2) is 0 Å². The van der Waals surface area contributed by atoms with Crippen LogP contribution in [0.4, 0.5) is 0 Å². The summed E-state index contributed by atoms with van der Waals surface area (Å²) in [4.78, 5) is 1.45. The van der Waals surface area contributed by atoms with Gasteiger partial charge in [0.1, 0.15) is 0 Å². The van der Waals surface area contributed by atoms with Gasteiger partial charge in [-0.05, 0) is 68.7 Å². The molecule has 2 atom stereocenters. The predicted octanol–water partition coefficient (Wildman–Crippen LogP) is 7.05. The number of unbranched alkanes of at least 4 members (excludes halogenated alkanes) is 1. The second kappa shape index (κ2) is 11.9. The summed E-state index contributed by atoms with van der Waals surface area (Å²) < 4.78 is 5.97. The zero-order valence-electron chi connectivity index (χ0n) is 18.2. The van der Waals surface area contributed by atoms with Crippen molar-refractivity contribution >= 4 is 11.3 Å². The van der Waals surface area contributed by atoms with Crippen LogP contribution < -0.4 is 0 Å². The fraction of sp³-hybridized carbons (Fsp3) is 0.680. The first-order chi connectivity index (χ1) is 13.6. The first-order valence-electron chi connectivity index (χ1n) is 11.2. The summed E-state index contributed by atoms with van der Waals surface area (Å²) in [6.07, 6.45) is 17.3. The average molecular weight is 405 g/mol. The molecule has 1 aliphatic rings. The molecular weight excluding hydrogens is 364 g/mol. The fourth-order valence-corrected chi connectivity index (χ4v) is 5.27. The van der Waals surface area contributed by atoms with Gasteiger partial charge in [0.25, 0.3) is 0 Å². The first-order valence-corrected chi connectivity index (χ1v) is 12.0. The predicted molar refractivity (Wildman–Crippen MR) is 122 cm³/mol. The third-order valence-electron chi connectivity index (χ3n) is 6.16. The Balaban J connectivity index is 2.20. The number of hydrogen-bond donors (Lipinski definition) is 1. The highest BCUT2D eigenvalue weighted by Crippen LogP contribution is 2.41. The van der Waals surface area contributed by atoms with E-state index in [0.29, 0.717) is 0 Å². The summed E-state index contributed by atoms with van der Waals surface area (Å²) in [5.74, 6) is 0. The van der Waals surface area contributed by atoms with Crippen LogP contribution in [0.1, 0.15) is 83.4 Å². The summed E-state index contributed by atoms with van der Waals surface area (Å²) in [6.45, 7) is 8.58. The van der Waals surface area contributed by atoms with Gasteiger partial charge in [-0.15, -0.1) is 11.3 Å². The Labute approximate surface area is 176 Å². The molecule has 1 aromatic rings. The Hall–Kier alpha value is -0.900. The van der Waals surface area contributed by atoms with Gasteiger partial charge in [0.15, 0.2) is 0 Å². The molecule has 0 fully saturated rings. The molecular formula is C25H40O2S. The van der Waals surface area contributed by atoms with E-state index in [1.807, 2.05) is 11.3 Å². The van der Waals surface area contributed by atoms with E-state index in [9.17, 15) is 5.11 Å². The van der Waals surface area contributed by atoms with Gasteiger partial charge in [0.05, 0.1) is 6.61 Å². The van der Waals surface area contributed by atoms with Crippen LogP contribution in [0, 0.1) is 5.41 Å². The highest BCUT2D eigenvalue weighted by molar-refractivity contribution is 7.10. The van der Waals surface area contributed by atoms with Crippen LogP contribution in [0.3, 0.4) is 0 Å². The Morgan fingerprint density at radius 2 is 2.07 bits per heavy atom. The third kappa shape index (κ3) is 6.86. The molecule has 1 aromatic heterocycles. The molecule has 0 saturated carbocycles. The van der Waals surface area contributed by atoms with Gasteiger partial charge in [-0.3, -0.25) is 0 Å². The van der Waals surface area contributed by atoms with Crippen LogP contribution >= 0.6 is 11.3 Å². The van der Waals surface area contributed by atoms with Crippen molar-refractivity contribution in [1.82, 2.24) is 0 Å². The lowest BCUT2D eigenvalue weighted by Gasteiger charge is -2.36. The molecule has 0 radical (unpaired) electrons. The van der Waals surface area contributed by atoms with E-state index in [1.54, 1.807) is 5.57 Å². The standard InChI is InChI=1S/C25H40O2S/c1-4-6-15-25(16-10-18-26,21-27-5-2)20-22-11-7-8-14-24(3,17-13-22)23-12-9-19-28-23/h8-9,12-14,19,26H,4-7,10-11,15-18,20-21H2,1-3H3/b14-8-,22-13+. The zero-order chi connectivity index (χ0) is 20.3. The molecule has 0 amide bonds. The Bertz CT molecular complexity index is 580. The average Bonchev–Trinajstić information content (AvgIpc) is 3.24. The van der Waals surface area contributed by atoms with Crippen molar-refractivity contribution in [3.63, 3.8) is 0 Å². The van der Waals surface area contributed by atoms with Crippen molar-refractivity contribution < 1.29 is 9.84 Å². The monoisotopic (exact) mass is 404 g/mol. The summed E-state index contributed by atoms with van der Waals surface area (Å²) in [5.41, 5.74) is 1.86. The number of ether oxygens (including phenoxy) is 1. The summed E-state index contributed by atoms with van der Waals surface area (Å²) in [5, 5.41) is 11.7. The molecule has 0 aromatic carbocycles. The van der Waals surface area contributed by atoms with Crippen LogP contribution in [0.25, 0.3) is 0 Å². The minimum Gasteiger partial charge on any atom is -0.396 e.